The summed E-state index contributed by atoms with van der Waals surface area (Å²) in [4.78, 5) is 22.6. The van der Waals surface area contributed by atoms with Gasteiger partial charge in [0.1, 0.15) is 5.75 Å². The zero-order valence-corrected chi connectivity index (χ0v) is 11.9. The van der Waals surface area contributed by atoms with Crippen LogP contribution in [-0.2, 0) is 4.79 Å². The molecule has 0 saturated heterocycles. The van der Waals surface area contributed by atoms with Crippen molar-refractivity contribution in [3.63, 3.8) is 0 Å². The van der Waals surface area contributed by atoms with Crippen molar-refractivity contribution in [1.29, 1.82) is 0 Å². The van der Waals surface area contributed by atoms with E-state index in [4.69, 9.17) is 9.84 Å². The van der Waals surface area contributed by atoms with Crippen LogP contribution < -0.4 is 10.1 Å². The number of hydrogen-bond donors (Lipinski definition) is 2. The molecule has 0 fully saturated rings. The average molecular weight is 279 g/mol. The fourth-order valence-electron chi connectivity index (χ4n) is 1.69. The minimum Gasteiger partial charge on any atom is -0.481 e. The van der Waals surface area contributed by atoms with E-state index in [2.05, 4.69) is 12.2 Å². The lowest BCUT2D eigenvalue weighted by Gasteiger charge is -2.15. The Morgan fingerprint density at radius 3 is 2.75 bits per heavy atom. The van der Waals surface area contributed by atoms with Gasteiger partial charge in [-0.15, -0.1) is 0 Å². The third kappa shape index (κ3) is 5.30. The van der Waals surface area contributed by atoms with E-state index in [9.17, 15) is 9.59 Å². The molecule has 20 heavy (non-hydrogen) atoms. The number of ether oxygens (including phenoxy) is 1. The van der Waals surface area contributed by atoms with E-state index < -0.39 is 12.1 Å². The van der Waals surface area contributed by atoms with E-state index in [1.54, 1.807) is 19.1 Å². The normalized spacial score (nSPS) is 11.7. The summed E-state index contributed by atoms with van der Waals surface area (Å²) >= 11 is 0. The maximum Gasteiger partial charge on any atom is 0.335 e. The van der Waals surface area contributed by atoms with Crippen molar-refractivity contribution in [3.05, 3.63) is 29.8 Å². The molecule has 1 aromatic carbocycles. The minimum atomic E-state index is -1.02. The van der Waals surface area contributed by atoms with Gasteiger partial charge in [0.2, 0.25) is 0 Å². The Bertz CT molecular complexity index is 459. The number of carbonyl (C=O) groups excluding carboxylic acids is 1. The van der Waals surface area contributed by atoms with Crippen molar-refractivity contribution in [2.45, 2.75) is 39.2 Å². The molecule has 1 aromatic rings. The van der Waals surface area contributed by atoms with E-state index in [0.29, 0.717) is 12.3 Å². The molecular formula is C15H21NO4. The van der Waals surface area contributed by atoms with Crippen LogP contribution in [0.5, 0.6) is 5.75 Å². The van der Waals surface area contributed by atoms with Gasteiger partial charge in [0.25, 0.3) is 5.91 Å². The number of amides is 1. The average Bonchev–Trinajstić information content (AvgIpc) is 2.43. The molecule has 5 nitrogen and oxygen atoms in total. The molecule has 1 atom stereocenters. The van der Waals surface area contributed by atoms with Crippen LogP contribution in [0, 0.1) is 0 Å². The molecule has 0 aliphatic carbocycles. The predicted octanol–water partition coefficient (Wildman–Crippen LogP) is 2.46. The lowest BCUT2D eigenvalue weighted by atomic mass is 10.2. The monoisotopic (exact) mass is 279 g/mol. The molecule has 0 heterocycles. The van der Waals surface area contributed by atoms with E-state index >= 15 is 0 Å². The maximum atomic E-state index is 11.8. The summed E-state index contributed by atoms with van der Waals surface area (Å²) in [5.74, 6) is -0.838. The van der Waals surface area contributed by atoms with Crippen molar-refractivity contribution < 1.29 is 19.4 Å². The van der Waals surface area contributed by atoms with E-state index in [-0.39, 0.29) is 11.5 Å². The number of unbranched alkanes of at least 4 members (excludes halogenated alkanes) is 2. The van der Waals surface area contributed by atoms with Crippen LogP contribution in [0.1, 0.15) is 43.5 Å². The summed E-state index contributed by atoms with van der Waals surface area (Å²) in [5, 5.41) is 11.7. The molecule has 0 aliphatic rings. The van der Waals surface area contributed by atoms with Gasteiger partial charge >= 0.3 is 5.97 Å². The first-order chi connectivity index (χ1) is 9.54. The number of carboxylic acids is 1. The van der Waals surface area contributed by atoms with Crippen molar-refractivity contribution in [3.8, 4) is 5.75 Å². The fourth-order valence-corrected chi connectivity index (χ4v) is 1.69. The van der Waals surface area contributed by atoms with Crippen molar-refractivity contribution >= 4 is 11.9 Å². The molecule has 0 aliphatic heterocycles. The van der Waals surface area contributed by atoms with E-state index in [1.165, 1.54) is 12.1 Å². The highest BCUT2D eigenvalue weighted by atomic mass is 16.5. The Hall–Kier alpha value is -2.04. The van der Waals surface area contributed by atoms with Crippen LogP contribution in [0.4, 0.5) is 0 Å². The largest absolute Gasteiger partial charge is 0.481 e. The van der Waals surface area contributed by atoms with E-state index in [0.717, 1.165) is 19.3 Å². The highest BCUT2D eigenvalue weighted by Crippen LogP contribution is 2.15. The summed E-state index contributed by atoms with van der Waals surface area (Å²) in [5.41, 5.74) is 0.137. The van der Waals surface area contributed by atoms with Crippen molar-refractivity contribution in [2.75, 3.05) is 6.54 Å². The molecule has 110 valence electrons. The summed E-state index contributed by atoms with van der Waals surface area (Å²) in [7, 11) is 0. The highest BCUT2D eigenvalue weighted by Gasteiger charge is 2.14. The summed E-state index contributed by atoms with van der Waals surface area (Å²) < 4.78 is 5.45. The molecule has 0 bridgehead atoms. The molecule has 1 rings (SSSR count). The second-order valence-electron chi connectivity index (χ2n) is 4.59. The van der Waals surface area contributed by atoms with Gasteiger partial charge in [0.05, 0.1) is 5.56 Å². The number of aromatic carboxylic acids is 1. The first-order valence-corrected chi connectivity index (χ1v) is 6.82. The summed E-state index contributed by atoms with van der Waals surface area (Å²) in [6, 6.07) is 6.10. The number of benzene rings is 1. The quantitative estimate of drug-likeness (QED) is 0.717. The lowest BCUT2D eigenvalue weighted by Crippen LogP contribution is -2.36. The van der Waals surface area contributed by atoms with E-state index in [1.807, 2.05) is 0 Å². The first kappa shape index (κ1) is 16.0. The van der Waals surface area contributed by atoms with Gasteiger partial charge in [-0.3, -0.25) is 4.79 Å². The van der Waals surface area contributed by atoms with Gasteiger partial charge in [-0.2, -0.15) is 0 Å². The van der Waals surface area contributed by atoms with Gasteiger partial charge < -0.3 is 15.2 Å². The Morgan fingerprint density at radius 1 is 1.35 bits per heavy atom. The highest BCUT2D eigenvalue weighted by molar-refractivity contribution is 5.88. The molecule has 0 radical (unpaired) electrons. The number of carbonyl (C=O) groups is 2. The van der Waals surface area contributed by atoms with Crippen LogP contribution in [-0.4, -0.2) is 29.6 Å². The summed E-state index contributed by atoms with van der Waals surface area (Å²) in [6.45, 7) is 4.38. The van der Waals surface area contributed by atoms with Gasteiger partial charge in [-0.1, -0.05) is 25.8 Å². The fraction of sp³-hybridized carbons (Fsp3) is 0.467. The van der Waals surface area contributed by atoms with Crippen molar-refractivity contribution in [2.24, 2.45) is 0 Å². The topological polar surface area (TPSA) is 75.6 Å². The molecule has 1 unspecified atom stereocenters. The molecule has 5 heteroatoms. The first-order valence-electron chi connectivity index (χ1n) is 6.82. The molecule has 0 aromatic heterocycles. The van der Waals surface area contributed by atoms with Gasteiger partial charge in [0.15, 0.2) is 6.10 Å². The summed E-state index contributed by atoms with van der Waals surface area (Å²) in [6.07, 6.45) is 2.48. The Balaban J connectivity index is 2.48. The van der Waals surface area contributed by atoms with Crippen LogP contribution in [0.3, 0.4) is 0 Å². The Morgan fingerprint density at radius 2 is 2.10 bits per heavy atom. The number of nitrogens with one attached hydrogen (secondary N) is 1. The minimum absolute atomic E-state index is 0.137. The zero-order valence-electron chi connectivity index (χ0n) is 11.9. The number of hydrogen-bond acceptors (Lipinski definition) is 3. The van der Waals surface area contributed by atoms with Crippen molar-refractivity contribution in [1.82, 2.24) is 5.32 Å². The van der Waals surface area contributed by atoms with Gasteiger partial charge in [0, 0.05) is 6.54 Å². The van der Waals surface area contributed by atoms with Crippen LogP contribution in [0.15, 0.2) is 24.3 Å². The molecule has 0 saturated carbocycles. The SMILES string of the molecule is CCCCCNC(=O)C(C)Oc1cccc(C(=O)O)c1. The Labute approximate surface area is 118 Å². The number of rotatable bonds is 8. The molecule has 1 amide bonds. The maximum absolute atomic E-state index is 11.8. The standard InChI is InChI=1S/C15H21NO4/c1-3-4-5-9-16-14(17)11(2)20-13-8-6-7-12(10-13)15(18)19/h6-8,10-11H,3-5,9H2,1-2H3,(H,16,17)(H,18,19). The molecular weight excluding hydrogens is 258 g/mol. The second kappa shape index (κ2) is 8.19. The molecule has 2 N–H and O–H groups in total. The van der Waals surface area contributed by atoms with Gasteiger partial charge in [-0.05, 0) is 31.5 Å². The third-order valence-electron chi connectivity index (χ3n) is 2.84. The van der Waals surface area contributed by atoms with Gasteiger partial charge in [-0.25, -0.2) is 4.79 Å². The Kier molecular flexibility index (Phi) is 6.56. The van der Waals surface area contributed by atoms with Crippen LogP contribution >= 0.6 is 0 Å². The zero-order chi connectivity index (χ0) is 15.0. The van der Waals surface area contributed by atoms with Crippen LogP contribution in [0.2, 0.25) is 0 Å². The second-order valence-corrected chi connectivity index (χ2v) is 4.59. The smallest absolute Gasteiger partial charge is 0.335 e. The predicted molar refractivity (Wildman–Crippen MR) is 76.0 cm³/mol. The number of carboxylic acid groups (broad SMARTS) is 1. The third-order valence-corrected chi connectivity index (χ3v) is 2.84. The van der Waals surface area contributed by atoms with Crippen LogP contribution in [0.25, 0.3) is 0 Å². The lowest BCUT2D eigenvalue weighted by molar-refractivity contribution is -0.127. The molecule has 0 spiro atoms.